The Morgan fingerprint density at radius 2 is 1.92 bits per heavy atom. The van der Waals surface area contributed by atoms with Crippen LogP contribution in [0.15, 0.2) is 40.6 Å². The molecule has 2 aliphatic rings. The van der Waals surface area contributed by atoms with Gasteiger partial charge in [0.25, 0.3) is 0 Å². The molecule has 3 rings (SSSR count). The van der Waals surface area contributed by atoms with Gasteiger partial charge >= 0.3 is 16.1 Å². The van der Waals surface area contributed by atoms with E-state index >= 15 is 0 Å². The largest absolute Gasteiger partial charge is 0.476 e. The number of hydrogen-bond acceptors (Lipinski definition) is 6. The summed E-state index contributed by atoms with van der Waals surface area (Å²) in [5, 5.41) is 19.0. The van der Waals surface area contributed by atoms with Crippen LogP contribution in [0.2, 0.25) is 0 Å². The zero-order chi connectivity index (χ0) is 18.5. The number of fused-ring (bicyclic) bond motifs is 1. The highest BCUT2D eigenvalue weighted by Crippen LogP contribution is 2.44. The number of nitrogens with zero attached hydrogens (tertiary/aromatic N) is 1. The van der Waals surface area contributed by atoms with Crippen LogP contribution in [0.4, 0.5) is 0 Å². The van der Waals surface area contributed by atoms with Crippen molar-refractivity contribution >= 4 is 22.0 Å². The number of carbonyl (C=O) groups excluding carboxylic acids is 1. The molecule has 1 aromatic rings. The number of aryl methyl sites for hydroxylation is 1. The molecule has 1 aromatic carbocycles. The molecule has 2 unspecified atom stereocenters. The molecule has 0 radical (unpaired) electrons. The Bertz CT molecular complexity index is 870. The predicted molar refractivity (Wildman–Crippen MR) is 84.5 cm³/mol. The Morgan fingerprint density at radius 1 is 1.32 bits per heavy atom. The van der Waals surface area contributed by atoms with E-state index in [0.29, 0.717) is 0 Å². The summed E-state index contributed by atoms with van der Waals surface area (Å²) in [5.74, 6) is -3.06. The summed E-state index contributed by atoms with van der Waals surface area (Å²) in [6.45, 7) is 3.23. The number of carboxylic acids is 1. The molecule has 0 bridgehead atoms. The number of aliphatic hydroxyl groups is 1. The average Bonchev–Trinajstić information content (AvgIpc) is 2.81. The fourth-order valence-electron chi connectivity index (χ4n) is 3.19. The maximum atomic E-state index is 12.4. The van der Waals surface area contributed by atoms with Crippen molar-refractivity contribution in [3.8, 4) is 0 Å². The second-order valence-corrected chi connectivity index (χ2v) is 7.72. The van der Waals surface area contributed by atoms with E-state index in [4.69, 9.17) is 4.18 Å². The maximum absolute atomic E-state index is 12.4. The lowest BCUT2D eigenvalue weighted by atomic mass is 9.83. The van der Waals surface area contributed by atoms with Crippen LogP contribution < -0.4 is 0 Å². The normalized spacial score (nSPS) is 24.0. The van der Waals surface area contributed by atoms with E-state index < -0.39 is 45.8 Å². The van der Waals surface area contributed by atoms with Crippen molar-refractivity contribution in [1.29, 1.82) is 0 Å². The zero-order valence-corrected chi connectivity index (χ0v) is 14.4. The quantitative estimate of drug-likeness (QED) is 0.577. The van der Waals surface area contributed by atoms with Gasteiger partial charge in [-0.25, -0.2) is 4.79 Å². The molecule has 0 aromatic heterocycles. The number of carboxylic acid groups (broad SMARTS) is 1. The number of benzene rings is 1. The third kappa shape index (κ3) is 2.79. The summed E-state index contributed by atoms with van der Waals surface area (Å²) in [5.41, 5.74) is 0.377. The molecule has 2 N–H and O–H groups in total. The second kappa shape index (κ2) is 5.85. The fraction of sp³-hybridized carbons (Fsp3) is 0.375. The van der Waals surface area contributed by atoms with Crippen molar-refractivity contribution in [1.82, 2.24) is 4.90 Å². The van der Waals surface area contributed by atoms with Crippen LogP contribution in [-0.2, 0) is 23.9 Å². The molecule has 1 saturated heterocycles. The highest BCUT2D eigenvalue weighted by Gasteiger charge is 2.58. The number of hydrogen-bond donors (Lipinski definition) is 2. The number of amides is 1. The van der Waals surface area contributed by atoms with Crippen molar-refractivity contribution in [2.45, 2.75) is 37.3 Å². The number of carbonyl (C=O) groups is 2. The highest BCUT2D eigenvalue weighted by molar-refractivity contribution is 7.86. The molecule has 0 aliphatic carbocycles. The van der Waals surface area contributed by atoms with Gasteiger partial charge in [0.05, 0.1) is 18.1 Å². The van der Waals surface area contributed by atoms with Crippen LogP contribution in [0, 0.1) is 12.8 Å². The third-order valence-corrected chi connectivity index (χ3v) is 5.68. The van der Waals surface area contributed by atoms with Crippen LogP contribution in [0.25, 0.3) is 0 Å². The van der Waals surface area contributed by atoms with Crippen molar-refractivity contribution in [3.63, 3.8) is 0 Å². The molecule has 25 heavy (non-hydrogen) atoms. The van der Waals surface area contributed by atoms with Gasteiger partial charge in [-0.05, 0) is 26.0 Å². The topological polar surface area (TPSA) is 121 Å². The van der Waals surface area contributed by atoms with E-state index in [0.717, 1.165) is 10.5 Å². The summed E-state index contributed by atoms with van der Waals surface area (Å²) >= 11 is 0. The molecule has 2 aliphatic heterocycles. The number of rotatable bonds is 5. The van der Waals surface area contributed by atoms with Crippen LogP contribution in [0.5, 0.6) is 0 Å². The number of aliphatic hydroxyl groups excluding tert-OH is 1. The van der Waals surface area contributed by atoms with Crippen molar-refractivity contribution in [2.24, 2.45) is 5.92 Å². The van der Waals surface area contributed by atoms with Gasteiger partial charge in [0, 0.05) is 6.42 Å². The van der Waals surface area contributed by atoms with E-state index in [-0.39, 0.29) is 17.1 Å². The molecule has 0 saturated carbocycles. The molecule has 9 heteroatoms. The van der Waals surface area contributed by atoms with Gasteiger partial charge in [0.2, 0.25) is 5.91 Å². The SMILES string of the molecule is Cc1ccc(S(=O)(=O)OC2=C(C(=O)O)N3C(=O)C([C@@H](C)O)C3C2)cc1. The fourth-order valence-corrected chi connectivity index (χ4v) is 4.17. The summed E-state index contributed by atoms with van der Waals surface area (Å²) in [4.78, 5) is 24.5. The van der Waals surface area contributed by atoms with Crippen molar-refractivity contribution in [3.05, 3.63) is 41.3 Å². The molecule has 134 valence electrons. The maximum Gasteiger partial charge on any atom is 0.356 e. The molecule has 0 spiro atoms. The van der Waals surface area contributed by atoms with E-state index in [1.54, 1.807) is 19.1 Å². The predicted octanol–water partition coefficient (Wildman–Crippen LogP) is 0.608. The van der Waals surface area contributed by atoms with Gasteiger partial charge in [-0.15, -0.1) is 0 Å². The van der Waals surface area contributed by atoms with Gasteiger partial charge in [0.15, 0.2) is 11.5 Å². The molecule has 1 fully saturated rings. The van der Waals surface area contributed by atoms with E-state index in [1.807, 2.05) is 0 Å². The Hall–Kier alpha value is -2.39. The van der Waals surface area contributed by atoms with Crippen LogP contribution in [-0.4, -0.2) is 47.6 Å². The number of β-lactam (4-membered cyclic amide) rings is 1. The minimum absolute atomic E-state index is 0.0754. The Kier molecular flexibility index (Phi) is 4.08. The second-order valence-electron chi connectivity index (χ2n) is 6.17. The smallest absolute Gasteiger partial charge is 0.356 e. The van der Waals surface area contributed by atoms with E-state index in [2.05, 4.69) is 0 Å². The number of aliphatic carboxylic acids is 1. The molecular weight excluding hydrogens is 350 g/mol. The monoisotopic (exact) mass is 367 g/mol. The van der Waals surface area contributed by atoms with E-state index in [9.17, 15) is 28.2 Å². The summed E-state index contributed by atoms with van der Waals surface area (Å²) in [6, 6.07) is 5.30. The highest BCUT2D eigenvalue weighted by atomic mass is 32.2. The van der Waals surface area contributed by atoms with Gasteiger partial charge in [-0.1, -0.05) is 17.7 Å². The molecular formula is C16H17NO7S. The van der Waals surface area contributed by atoms with Gasteiger partial charge < -0.3 is 14.4 Å². The summed E-state index contributed by atoms with van der Waals surface area (Å²) in [6.07, 6.45) is -1.04. The Morgan fingerprint density at radius 3 is 2.44 bits per heavy atom. The first-order valence-corrected chi connectivity index (χ1v) is 9.03. The first-order valence-electron chi connectivity index (χ1n) is 7.62. The lowest BCUT2D eigenvalue weighted by molar-refractivity contribution is -0.161. The summed E-state index contributed by atoms with van der Waals surface area (Å²) in [7, 11) is -4.22. The first kappa shape index (κ1) is 17.4. The van der Waals surface area contributed by atoms with Crippen molar-refractivity contribution < 1.29 is 32.4 Å². The molecule has 1 amide bonds. The Balaban J connectivity index is 1.93. The minimum atomic E-state index is -4.22. The average molecular weight is 367 g/mol. The first-order chi connectivity index (χ1) is 11.6. The van der Waals surface area contributed by atoms with Gasteiger partial charge in [-0.2, -0.15) is 8.42 Å². The van der Waals surface area contributed by atoms with Crippen LogP contribution >= 0.6 is 0 Å². The van der Waals surface area contributed by atoms with Crippen molar-refractivity contribution in [2.75, 3.05) is 0 Å². The molecule has 8 nitrogen and oxygen atoms in total. The van der Waals surface area contributed by atoms with Gasteiger partial charge in [-0.3, -0.25) is 9.69 Å². The van der Waals surface area contributed by atoms with Gasteiger partial charge in [0.1, 0.15) is 4.90 Å². The minimum Gasteiger partial charge on any atom is -0.476 e. The standard InChI is InChI=1S/C16H17NO7S/c1-8-3-5-10(6-4-8)25(22,23)24-12-7-11-13(9(2)18)15(19)17(11)14(12)16(20)21/h3-6,9,11,13,18H,7H2,1-2H3,(H,20,21)/t9-,11?,13?/m1/s1. The Labute approximate surface area is 144 Å². The van der Waals surface area contributed by atoms with Crippen LogP contribution in [0.3, 0.4) is 0 Å². The summed E-state index contributed by atoms with van der Waals surface area (Å²) < 4.78 is 29.8. The lowest BCUT2D eigenvalue weighted by Crippen LogP contribution is -2.61. The van der Waals surface area contributed by atoms with E-state index in [1.165, 1.54) is 19.1 Å². The molecule has 3 atom stereocenters. The third-order valence-electron chi connectivity index (χ3n) is 4.41. The lowest BCUT2D eigenvalue weighted by Gasteiger charge is -2.44. The zero-order valence-electron chi connectivity index (χ0n) is 13.5. The van der Waals surface area contributed by atoms with Crippen LogP contribution in [0.1, 0.15) is 18.9 Å². The molecule has 2 heterocycles.